The number of nitrogens with zero attached hydrogens (tertiary/aromatic N) is 1. The van der Waals surface area contributed by atoms with E-state index in [1.165, 1.54) is 23.3 Å². The molecule has 0 N–H and O–H groups in total. The molecule has 0 fully saturated rings. The molecule has 1 amide bonds. The van der Waals surface area contributed by atoms with E-state index in [2.05, 4.69) is 0 Å². The summed E-state index contributed by atoms with van der Waals surface area (Å²) in [5.41, 5.74) is 1.17. The monoisotopic (exact) mass is 463 g/mol. The molecule has 0 spiro atoms. The minimum absolute atomic E-state index is 0.0389. The minimum Gasteiger partial charge on any atom is -0.497 e. The van der Waals surface area contributed by atoms with Gasteiger partial charge in [0.25, 0.3) is 0 Å². The maximum atomic E-state index is 13.1. The number of allylic oxidation sites excluding steroid dienone is 2. The standard InChI is InChI=1S/C27H29NO6/c1-27(2,3)34-25(30)15-12-21-17-28(26(31)33-18-19-8-6-5-7-9-19)23(16-24(21)29)20-10-13-22(32-4)14-11-20/h5-15,17,23H,16,18H2,1-4H3/b15-12+. The molecule has 178 valence electrons. The molecule has 0 saturated heterocycles. The zero-order valence-electron chi connectivity index (χ0n) is 19.8. The van der Waals surface area contributed by atoms with Crippen LogP contribution >= 0.6 is 0 Å². The summed E-state index contributed by atoms with van der Waals surface area (Å²) < 4.78 is 16.0. The van der Waals surface area contributed by atoms with Gasteiger partial charge in [0.2, 0.25) is 0 Å². The van der Waals surface area contributed by atoms with E-state index in [0.29, 0.717) is 5.75 Å². The molecule has 7 heteroatoms. The van der Waals surface area contributed by atoms with Crippen molar-refractivity contribution in [1.29, 1.82) is 0 Å². The van der Waals surface area contributed by atoms with Crippen molar-refractivity contribution in [3.8, 4) is 5.75 Å². The Morgan fingerprint density at radius 2 is 1.74 bits per heavy atom. The molecule has 0 aromatic heterocycles. The van der Waals surface area contributed by atoms with Gasteiger partial charge in [-0.3, -0.25) is 9.69 Å². The highest BCUT2D eigenvalue weighted by molar-refractivity contribution is 6.01. The molecule has 1 heterocycles. The Morgan fingerprint density at radius 1 is 1.06 bits per heavy atom. The fraction of sp³-hybridized carbons (Fsp3) is 0.296. The zero-order valence-corrected chi connectivity index (χ0v) is 19.8. The van der Waals surface area contributed by atoms with Gasteiger partial charge >= 0.3 is 12.1 Å². The van der Waals surface area contributed by atoms with E-state index in [4.69, 9.17) is 14.2 Å². The first-order valence-corrected chi connectivity index (χ1v) is 11.0. The normalized spacial score (nSPS) is 16.2. The van der Waals surface area contributed by atoms with Gasteiger partial charge in [-0.25, -0.2) is 9.59 Å². The number of carbonyl (C=O) groups excluding carboxylic acids is 3. The molecule has 1 unspecified atom stereocenters. The number of ether oxygens (including phenoxy) is 3. The fourth-order valence-electron chi connectivity index (χ4n) is 3.41. The summed E-state index contributed by atoms with van der Waals surface area (Å²) in [5, 5.41) is 0. The molecule has 7 nitrogen and oxygen atoms in total. The number of rotatable bonds is 6. The van der Waals surface area contributed by atoms with Crippen LogP contribution in [0.5, 0.6) is 5.75 Å². The van der Waals surface area contributed by atoms with Crippen molar-refractivity contribution < 1.29 is 28.6 Å². The molecule has 2 aromatic rings. The van der Waals surface area contributed by atoms with Crippen LogP contribution in [-0.2, 0) is 25.7 Å². The highest BCUT2D eigenvalue weighted by Crippen LogP contribution is 2.33. The summed E-state index contributed by atoms with van der Waals surface area (Å²) in [4.78, 5) is 39.4. The third-order valence-electron chi connectivity index (χ3n) is 5.04. The van der Waals surface area contributed by atoms with Crippen LogP contribution in [-0.4, -0.2) is 35.5 Å². The topological polar surface area (TPSA) is 82.1 Å². The lowest BCUT2D eigenvalue weighted by atomic mass is 9.93. The van der Waals surface area contributed by atoms with Gasteiger partial charge < -0.3 is 14.2 Å². The Balaban J connectivity index is 1.86. The van der Waals surface area contributed by atoms with Gasteiger partial charge in [-0.05, 0) is 50.1 Å². The summed E-state index contributed by atoms with van der Waals surface area (Å²) in [6.07, 6.45) is 3.43. The number of ketones is 1. The zero-order chi connectivity index (χ0) is 24.7. The molecule has 0 aliphatic carbocycles. The van der Waals surface area contributed by atoms with Crippen molar-refractivity contribution in [2.45, 2.75) is 45.4 Å². The summed E-state index contributed by atoms with van der Waals surface area (Å²) >= 11 is 0. The number of esters is 1. The number of carbonyl (C=O) groups is 3. The molecular weight excluding hydrogens is 434 g/mol. The maximum Gasteiger partial charge on any atom is 0.414 e. The average Bonchev–Trinajstić information content (AvgIpc) is 2.81. The van der Waals surface area contributed by atoms with E-state index in [0.717, 1.165) is 11.1 Å². The van der Waals surface area contributed by atoms with Crippen LogP contribution in [0.25, 0.3) is 0 Å². The van der Waals surface area contributed by atoms with E-state index >= 15 is 0 Å². The molecule has 1 aliphatic rings. The first kappa shape index (κ1) is 24.8. The number of amides is 1. The van der Waals surface area contributed by atoms with Gasteiger partial charge in [-0.1, -0.05) is 42.5 Å². The number of Topliss-reactive ketones (excluding diaryl/α,β-unsaturated/α-hetero) is 1. The number of methoxy groups -OCH3 is 1. The van der Waals surface area contributed by atoms with Crippen LogP contribution in [0, 0.1) is 0 Å². The van der Waals surface area contributed by atoms with Gasteiger partial charge in [0.15, 0.2) is 5.78 Å². The molecule has 0 bridgehead atoms. The second-order valence-electron chi connectivity index (χ2n) is 8.81. The van der Waals surface area contributed by atoms with Gasteiger partial charge in [-0.2, -0.15) is 0 Å². The second kappa shape index (κ2) is 10.8. The fourth-order valence-corrected chi connectivity index (χ4v) is 3.41. The Morgan fingerprint density at radius 3 is 2.35 bits per heavy atom. The summed E-state index contributed by atoms with van der Waals surface area (Å²) in [7, 11) is 1.57. The Hall–Kier alpha value is -3.87. The van der Waals surface area contributed by atoms with E-state index in [1.54, 1.807) is 40.0 Å². The first-order chi connectivity index (χ1) is 16.2. The third kappa shape index (κ3) is 6.81. The lowest BCUT2D eigenvalue weighted by Crippen LogP contribution is -2.36. The van der Waals surface area contributed by atoms with Gasteiger partial charge in [0.05, 0.1) is 13.2 Å². The number of hydrogen-bond donors (Lipinski definition) is 0. The van der Waals surface area contributed by atoms with Crippen LogP contribution in [0.4, 0.5) is 4.79 Å². The van der Waals surface area contributed by atoms with Crippen LogP contribution in [0.3, 0.4) is 0 Å². The van der Waals surface area contributed by atoms with Crippen molar-refractivity contribution in [1.82, 2.24) is 4.90 Å². The van der Waals surface area contributed by atoms with E-state index < -0.39 is 23.7 Å². The molecule has 1 atom stereocenters. The Kier molecular flexibility index (Phi) is 7.89. The highest BCUT2D eigenvalue weighted by atomic mass is 16.6. The second-order valence-corrected chi connectivity index (χ2v) is 8.81. The summed E-state index contributed by atoms with van der Waals surface area (Å²) in [6, 6.07) is 15.9. The Labute approximate surface area is 199 Å². The lowest BCUT2D eigenvalue weighted by molar-refractivity contribution is -0.148. The molecule has 2 aromatic carbocycles. The van der Waals surface area contributed by atoms with Crippen LogP contribution in [0.15, 0.2) is 78.5 Å². The SMILES string of the molecule is COc1ccc(C2CC(=O)C(/C=C/C(=O)OC(C)(C)C)=CN2C(=O)OCc2ccccc2)cc1. The van der Waals surface area contributed by atoms with Crippen LogP contribution in [0.1, 0.15) is 44.4 Å². The van der Waals surface area contributed by atoms with Gasteiger partial charge in [-0.15, -0.1) is 0 Å². The number of hydrogen-bond acceptors (Lipinski definition) is 6. The maximum absolute atomic E-state index is 13.1. The smallest absolute Gasteiger partial charge is 0.414 e. The van der Waals surface area contributed by atoms with Crippen molar-refractivity contribution in [3.05, 3.63) is 89.6 Å². The Bertz CT molecular complexity index is 1080. The van der Waals surface area contributed by atoms with Crippen LogP contribution < -0.4 is 4.74 Å². The van der Waals surface area contributed by atoms with Crippen molar-refractivity contribution >= 4 is 17.8 Å². The van der Waals surface area contributed by atoms with Gasteiger partial charge in [0, 0.05) is 24.3 Å². The molecule has 1 aliphatic heterocycles. The largest absolute Gasteiger partial charge is 0.497 e. The lowest BCUT2D eigenvalue weighted by Gasteiger charge is -2.32. The van der Waals surface area contributed by atoms with E-state index in [9.17, 15) is 14.4 Å². The summed E-state index contributed by atoms with van der Waals surface area (Å²) in [5.74, 6) is -0.106. The molecule has 34 heavy (non-hydrogen) atoms. The first-order valence-electron chi connectivity index (χ1n) is 11.0. The minimum atomic E-state index is -0.654. The molecule has 0 radical (unpaired) electrons. The van der Waals surface area contributed by atoms with Crippen LogP contribution in [0.2, 0.25) is 0 Å². The van der Waals surface area contributed by atoms with E-state index in [-0.39, 0.29) is 24.4 Å². The molecular formula is C27H29NO6. The number of benzene rings is 2. The van der Waals surface area contributed by atoms with Crippen molar-refractivity contribution in [2.24, 2.45) is 0 Å². The van der Waals surface area contributed by atoms with E-state index in [1.807, 2.05) is 42.5 Å². The highest BCUT2D eigenvalue weighted by Gasteiger charge is 2.33. The predicted molar refractivity (Wildman–Crippen MR) is 127 cm³/mol. The molecule has 3 rings (SSSR count). The van der Waals surface area contributed by atoms with Crippen molar-refractivity contribution in [2.75, 3.05) is 7.11 Å². The quantitative estimate of drug-likeness (QED) is 0.436. The van der Waals surface area contributed by atoms with Crippen molar-refractivity contribution in [3.63, 3.8) is 0 Å². The average molecular weight is 464 g/mol. The summed E-state index contributed by atoms with van der Waals surface area (Å²) in [6.45, 7) is 5.37. The van der Waals surface area contributed by atoms with Gasteiger partial charge in [0.1, 0.15) is 18.0 Å². The third-order valence-corrected chi connectivity index (χ3v) is 5.04. The predicted octanol–water partition coefficient (Wildman–Crippen LogP) is 5.13. The molecule has 0 saturated carbocycles.